The number of hydrogen-bond donors (Lipinski definition) is 6. The van der Waals surface area contributed by atoms with Gasteiger partial charge in [-0.2, -0.15) is 13.2 Å². The first-order chi connectivity index (χ1) is 26.7. The minimum atomic E-state index is -4.99. The third-order valence-electron chi connectivity index (χ3n) is 7.04. The molecule has 4 rings (SSSR count). The van der Waals surface area contributed by atoms with E-state index in [0.717, 1.165) is 12.1 Å². The van der Waals surface area contributed by atoms with Gasteiger partial charge in [0.15, 0.2) is 29.4 Å². The van der Waals surface area contributed by atoms with Crippen LogP contribution < -0.4 is 21.6 Å². The molecule has 0 saturated carbocycles. The van der Waals surface area contributed by atoms with Gasteiger partial charge in [0.1, 0.15) is 24.8 Å². The second-order valence-electron chi connectivity index (χ2n) is 11.3. The van der Waals surface area contributed by atoms with Gasteiger partial charge in [0, 0.05) is 7.14 Å². The van der Waals surface area contributed by atoms with Gasteiger partial charge >= 0.3 is 6.18 Å². The van der Waals surface area contributed by atoms with E-state index in [9.17, 15) is 54.2 Å². The highest BCUT2D eigenvalue weighted by Gasteiger charge is 2.38. The molecule has 23 heteroatoms. The second kappa shape index (κ2) is 21.6. The smallest absolute Gasteiger partial charge is 0.391 e. The van der Waals surface area contributed by atoms with Crippen molar-refractivity contribution in [3.63, 3.8) is 0 Å². The summed E-state index contributed by atoms with van der Waals surface area (Å²) in [6.07, 6.45) is -7.50. The highest BCUT2D eigenvalue weighted by Crippen LogP contribution is 2.34. The Kier molecular flexibility index (Phi) is 18.2. The molecule has 4 aromatic rings. The Bertz CT molecular complexity index is 2090. The fourth-order valence-corrected chi connectivity index (χ4v) is 5.54. The van der Waals surface area contributed by atoms with E-state index in [0.29, 0.717) is 26.0 Å². The Morgan fingerprint density at radius 2 is 1.11 bits per heavy atom. The lowest BCUT2D eigenvalue weighted by atomic mass is 10.1. The van der Waals surface area contributed by atoms with Gasteiger partial charge in [0.2, 0.25) is 0 Å². The van der Waals surface area contributed by atoms with Crippen LogP contribution in [0.25, 0.3) is 0 Å². The zero-order chi connectivity index (χ0) is 42.8. The van der Waals surface area contributed by atoms with Crippen LogP contribution in [0.3, 0.4) is 0 Å². The summed E-state index contributed by atoms with van der Waals surface area (Å²) in [4.78, 5) is 33.7. The minimum absolute atomic E-state index is 0.158. The summed E-state index contributed by atoms with van der Waals surface area (Å²) >= 11 is 14.8. The van der Waals surface area contributed by atoms with Crippen molar-refractivity contribution in [2.45, 2.75) is 38.1 Å². The number of alkyl halides is 3. The van der Waals surface area contributed by atoms with Gasteiger partial charge in [-0.3, -0.25) is 19.3 Å². The Balaban J connectivity index is 0.000000306. The molecule has 2 atom stereocenters. The van der Waals surface area contributed by atoms with Crippen molar-refractivity contribution in [3.05, 3.63) is 112 Å². The van der Waals surface area contributed by atoms with E-state index in [-0.39, 0.29) is 18.0 Å². The van der Waals surface area contributed by atoms with Crippen molar-refractivity contribution in [3.8, 4) is 0 Å². The molecule has 0 fully saturated rings. The predicted octanol–water partition coefficient (Wildman–Crippen LogP) is 9.62. The topological polar surface area (TPSA) is 141 Å². The summed E-state index contributed by atoms with van der Waals surface area (Å²) in [7, 11) is 0. The van der Waals surface area contributed by atoms with Crippen LogP contribution in [0.1, 0.15) is 40.5 Å². The SMILES string of the molecule is CCCC(O)CONC(=O)c1cc(Cl)c(F)c(F)c1Nc1ccc(I)cc1F.O=C(NOCC(O)C(F)(F)F)c1cc(Cl)c(F)c(F)c1Nc1ccc(I)cc1F. The lowest BCUT2D eigenvalue weighted by Gasteiger charge is -2.17. The maximum atomic E-state index is 14.4. The predicted molar refractivity (Wildman–Crippen MR) is 207 cm³/mol. The Morgan fingerprint density at radius 3 is 1.47 bits per heavy atom. The summed E-state index contributed by atoms with van der Waals surface area (Å²) in [5, 5.41) is 21.6. The second-order valence-corrected chi connectivity index (χ2v) is 14.6. The standard InChI is InChI=1S/C18H17ClF3IN2O3.C16H10ClF6IN2O3/c1-2-3-10(26)8-28-25-18(27)11-7-12(19)15(21)16(22)17(11)24-14-5-4-9(23)6-13(14)20;17-8-4-7(15(28)26-29-5-11(27)16(21,22)23)14(13(20)12(8)19)25-10-2-1-6(24)3-9(10)18/h4-7,10,24,26H,2-3,8H2,1H3,(H,25,27);1-4,11,25,27H,5H2,(H,26,28). The average Bonchev–Trinajstić information content (AvgIpc) is 3.13. The zero-order valence-corrected chi connectivity index (χ0v) is 34.4. The van der Waals surface area contributed by atoms with Gasteiger partial charge in [0.05, 0.1) is 50.0 Å². The summed E-state index contributed by atoms with van der Waals surface area (Å²) in [6, 6.07) is 9.34. The van der Waals surface area contributed by atoms with E-state index in [1.807, 2.05) is 57.6 Å². The molecule has 0 aliphatic rings. The first-order valence-electron chi connectivity index (χ1n) is 15.7. The van der Waals surface area contributed by atoms with Crippen LogP contribution in [0, 0.1) is 42.0 Å². The third-order valence-corrected chi connectivity index (χ3v) is 8.93. The molecule has 2 unspecified atom stereocenters. The number of rotatable bonds is 14. The maximum absolute atomic E-state index is 14.4. The highest BCUT2D eigenvalue weighted by molar-refractivity contribution is 14.1. The van der Waals surface area contributed by atoms with Crippen LogP contribution in [0.4, 0.5) is 62.3 Å². The average molecular weight is 1080 g/mol. The summed E-state index contributed by atoms with van der Waals surface area (Å²) in [6.45, 7) is 0.319. The maximum Gasteiger partial charge on any atom is 0.416 e. The van der Waals surface area contributed by atoms with Gasteiger partial charge in [-0.1, -0.05) is 36.5 Å². The van der Waals surface area contributed by atoms with Crippen molar-refractivity contribution < 1.29 is 69.0 Å². The zero-order valence-electron chi connectivity index (χ0n) is 28.5. The molecule has 0 radical (unpaired) electrons. The molecular formula is C34H27Cl2F9I2N4O6. The van der Waals surface area contributed by atoms with Crippen LogP contribution in [-0.4, -0.2) is 53.6 Å². The number of amides is 2. The van der Waals surface area contributed by atoms with Gasteiger partial charge in [-0.05, 0) is 100 Å². The van der Waals surface area contributed by atoms with Gasteiger partial charge < -0.3 is 20.8 Å². The Hall–Kier alpha value is -3.33. The van der Waals surface area contributed by atoms with E-state index < -0.39 is 104 Å². The number of hydroxylamine groups is 2. The normalized spacial score (nSPS) is 12.3. The number of nitrogens with one attached hydrogen (secondary N) is 4. The molecule has 310 valence electrons. The van der Waals surface area contributed by atoms with E-state index >= 15 is 0 Å². The number of aliphatic hydroxyl groups is 2. The van der Waals surface area contributed by atoms with Crippen molar-refractivity contribution in [2.24, 2.45) is 0 Å². The summed E-state index contributed by atoms with van der Waals surface area (Å²) in [5.74, 6) is -9.82. The van der Waals surface area contributed by atoms with Crippen LogP contribution >= 0.6 is 68.4 Å². The van der Waals surface area contributed by atoms with Gasteiger partial charge in [0.25, 0.3) is 11.8 Å². The van der Waals surface area contributed by atoms with Crippen molar-refractivity contribution in [1.29, 1.82) is 0 Å². The molecule has 0 bridgehead atoms. The lowest BCUT2D eigenvalue weighted by molar-refractivity contribution is -0.221. The minimum Gasteiger partial charge on any atom is -0.391 e. The number of carbonyl (C=O) groups excluding carboxylic acids is 2. The largest absolute Gasteiger partial charge is 0.416 e. The number of benzene rings is 4. The number of hydrogen-bond acceptors (Lipinski definition) is 8. The molecular weight excluding hydrogens is 1060 g/mol. The fraction of sp³-hybridized carbons (Fsp3) is 0.235. The van der Waals surface area contributed by atoms with E-state index in [1.165, 1.54) is 24.3 Å². The molecule has 6 N–H and O–H groups in total. The molecule has 2 amide bonds. The molecule has 4 aromatic carbocycles. The number of halogens is 13. The molecule has 10 nitrogen and oxygen atoms in total. The Morgan fingerprint density at radius 1 is 0.702 bits per heavy atom. The van der Waals surface area contributed by atoms with E-state index in [4.69, 9.17) is 33.1 Å². The van der Waals surface area contributed by atoms with Gasteiger partial charge in [-0.15, -0.1) is 0 Å². The molecule has 0 aromatic heterocycles. The summed E-state index contributed by atoms with van der Waals surface area (Å²) < 4.78 is 122. The summed E-state index contributed by atoms with van der Waals surface area (Å²) in [5.41, 5.74) is 0.593. The first-order valence-corrected chi connectivity index (χ1v) is 18.6. The van der Waals surface area contributed by atoms with Crippen LogP contribution in [-0.2, 0) is 9.68 Å². The van der Waals surface area contributed by atoms with Crippen LogP contribution in [0.2, 0.25) is 10.0 Å². The van der Waals surface area contributed by atoms with Crippen molar-refractivity contribution in [2.75, 3.05) is 23.8 Å². The van der Waals surface area contributed by atoms with E-state index in [2.05, 4.69) is 15.5 Å². The fourth-order valence-electron chi connectivity index (χ4n) is 4.25. The number of aliphatic hydroxyl groups excluding tert-OH is 2. The third kappa shape index (κ3) is 13.6. The quantitative estimate of drug-likeness (QED) is 0.0318. The van der Waals surface area contributed by atoms with E-state index in [1.54, 1.807) is 11.5 Å². The first kappa shape index (κ1) is 48.0. The molecule has 57 heavy (non-hydrogen) atoms. The molecule has 0 aliphatic heterocycles. The highest BCUT2D eigenvalue weighted by atomic mass is 127. The van der Waals surface area contributed by atoms with Crippen LogP contribution in [0.15, 0.2) is 48.5 Å². The number of anilines is 4. The molecule has 0 aliphatic carbocycles. The monoisotopic (exact) mass is 1080 g/mol. The van der Waals surface area contributed by atoms with Crippen molar-refractivity contribution in [1.82, 2.24) is 11.0 Å². The van der Waals surface area contributed by atoms with Crippen LogP contribution in [0.5, 0.6) is 0 Å². The van der Waals surface area contributed by atoms with Crippen molar-refractivity contribution >= 4 is 103 Å². The number of carbonyl (C=O) groups is 2. The molecule has 0 saturated heterocycles. The van der Waals surface area contributed by atoms with Gasteiger partial charge in [-0.25, -0.2) is 37.3 Å². The Labute approximate surface area is 354 Å². The lowest BCUT2D eigenvalue weighted by Crippen LogP contribution is -2.36. The molecule has 0 spiro atoms. The molecule has 0 heterocycles.